The molecule has 0 bridgehead atoms. The van der Waals surface area contributed by atoms with Gasteiger partial charge in [0.1, 0.15) is 6.04 Å². The largest absolute Gasteiger partial charge is 0.385 e. The zero-order valence-corrected chi connectivity index (χ0v) is 12.6. The molecule has 0 heterocycles. The van der Waals surface area contributed by atoms with E-state index in [0.29, 0.717) is 19.7 Å². The van der Waals surface area contributed by atoms with Crippen LogP contribution in [0.2, 0.25) is 0 Å². The molecule has 1 aromatic rings. The van der Waals surface area contributed by atoms with Crippen LogP contribution in [0.3, 0.4) is 0 Å². The van der Waals surface area contributed by atoms with Crippen molar-refractivity contribution in [3.05, 3.63) is 29.8 Å². The molecule has 0 radical (unpaired) electrons. The van der Waals surface area contributed by atoms with Crippen molar-refractivity contribution in [3.63, 3.8) is 0 Å². The van der Waals surface area contributed by atoms with E-state index in [0.717, 1.165) is 17.7 Å². The molecule has 1 unspecified atom stereocenters. The fourth-order valence-corrected chi connectivity index (χ4v) is 1.99. The quantitative estimate of drug-likeness (QED) is 0.700. The Bertz CT molecular complexity index is 423. The van der Waals surface area contributed by atoms with Crippen molar-refractivity contribution in [2.45, 2.75) is 25.9 Å². The van der Waals surface area contributed by atoms with Crippen LogP contribution < -0.4 is 16.0 Å². The summed E-state index contributed by atoms with van der Waals surface area (Å²) in [5.41, 5.74) is 7.77. The maximum absolute atomic E-state index is 12.1. The zero-order valence-electron chi connectivity index (χ0n) is 12.6. The van der Waals surface area contributed by atoms with E-state index in [-0.39, 0.29) is 11.9 Å². The van der Waals surface area contributed by atoms with Crippen molar-refractivity contribution < 1.29 is 9.53 Å². The van der Waals surface area contributed by atoms with Crippen molar-refractivity contribution in [1.29, 1.82) is 0 Å². The first-order chi connectivity index (χ1) is 9.61. The molecule has 0 fully saturated rings. The fourth-order valence-electron chi connectivity index (χ4n) is 1.99. The van der Waals surface area contributed by atoms with Crippen LogP contribution in [0.1, 0.15) is 18.9 Å². The number of para-hydroxylation sites is 1. The maximum atomic E-state index is 12.1. The summed E-state index contributed by atoms with van der Waals surface area (Å²) in [6.45, 7) is 3.63. The van der Waals surface area contributed by atoms with Crippen LogP contribution in [0.15, 0.2) is 24.3 Å². The molecule has 0 aliphatic heterocycles. The average Bonchev–Trinajstić information content (AvgIpc) is 2.49. The summed E-state index contributed by atoms with van der Waals surface area (Å²) in [4.78, 5) is 14.0. The molecule has 1 amide bonds. The average molecular weight is 279 g/mol. The van der Waals surface area contributed by atoms with Gasteiger partial charge >= 0.3 is 0 Å². The Morgan fingerprint density at radius 3 is 2.80 bits per heavy atom. The maximum Gasteiger partial charge on any atom is 0.242 e. The monoisotopic (exact) mass is 279 g/mol. The first-order valence-corrected chi connectivity index (χ1v) is 6.89. The number of methoxy groups -OCH3 is 1. The summed E-state index contributed by atoms with van der Waals surface area (Å²) in [6.07, 6.45) is 0.818. The summed E-state index contributed by atoms with van der Waals surface area (Å²) in [6, 6.07) is 7.63. The lowest BCUT2D eigenvalue weighted by Gasteiger charge is -2.28. The number of hydrogen-bond acceptors (Lipinski definition) is 4. The lowest BCUT2D eigenvalue weighted by molar-refractivity contribution is -0.122. The van der Waals surface area contributed by atoms with Crippen LogP contribution in [0, 0.1) is 0 Å². The number of carbonyl (C=O) groups is 1. The molecule has 5 nitrogen and oxygen atoms in total. The Morgan fingerprint density at radius 2 is 2.15 bits per heavy atom. The number of rotatable bonds is 8. The highest BCUT2D eigenvalue weighted by Gasteiger charge is 2.19. The minimum absolute atomic E-state index is 0.00966. The highest BCUT2D eigenvalue weighted by molar-refractivity contribution is 5.85. The van der Waals surface area contributed by atoms with E-state index in [2.05, 4.69) is 5.32 Å². The molecule has 20 heavy (non-hydrogen) atoms. The van der Waals surface area contributed by atoms with Gasteiger partial charge in [0.15, 0.2) is 0 Å². The molecule has 0 spiro atoms. The standard InChI is InChI=1S/C15H25N3O2/c1-12(15(19)17-9-6-10-20-3)18(2)14-8-5-4-7-13(14)11-16/h4-5,7-8,12H,6,9-11,16H2,1-3H3,(H,17,19). The predicted octanol–water partition coefficient (Wildman–Crippen LogP) is 1.12. The summed E-state index contributed by atoms with van der Waals surface area (Å²) in [7, 11) is 3.57. The van der Waals surface area contributed by atoms with Crippen LogP contribution in [-0.2, 0) is 16.1 Å². The van der Waals surface area contributed by atoms with Gasteiger partial charge in [0.25, 0.3) is 0 Å². The number of nitrogens with zero attached hydrogens (tertiary/aromatic N) is 1. The number of nitrogens with one attached hydrogen (secondary N) is 1. The van der Waals surface area contributed by atoms with E-state index < -0.39 is 0 Å². The molecule has 0 aliphatic rings. The van der Waals surface area contributed by atoms with Gasteiger partial charge < -0.3 is 20.7 Å². The minimum Gasteiger partial charge on any atom is -0.385 e. The van der Waals surface area contributed by atoms with Gasteiger partial charge in [-0.05, 0) is 25.0 Å². The number of anilines is 1. The Morgan fingerprint density at radius 1 is 1.45 bits per heavy atom. The lowest BCUT2D eigenvalue weighted by atomic mass is 10.1. The summed E-state index contributed by atoms with van der Waals surface area (Å²) >= 11 is 0. The Hall–Kier alpha value is -1.59. The van der Waals surface area contributed by atoms with Crippen molar-refractivity contribution in [3.8, 4) is 0 Å². The van der Waals surface area contributed by atoms with Crippen LogP contribution in [0.25, 0.3) is 0 Å². The van der Waals surface area contributed by atoms with Crippen molar-refractivity contribution in [1.82, 2.24) is 5.32 Å². The molecular weight excluding hydrogens is 254 g/mol. The highest BCUT2D eigenvalue weighted by Crippen LogP contribution is 2.20. The smallest absolute Gasteiger partial charge is 0.242 e. The number of hydrogen-bond donors (Lipinski definition) is 2. The van der Waals surface area contributed by atoms with Gasteiger partial charge in [0.2, 0.25) is 5.91 Å². The van der Waals surface area contributed by atoms with E-state index in [9.17, 15) is 4.79 Å². The molecule has 0 saturated heterocycles. The molecule has 3 N–H and O–H groups in total. The second kappa shape index (κ2) is 8.55. The third kappa shape index (κ3) is 4.51. The second-order valence-electron chi connectivity index (χ2n) is 4.76. The molecule has 1 aromatic carbocycles. The summed E-state index contributed by atoms with van der Waals surface area (Å²) in [5, 5.41) is 2.91. The summed E-state index contributed by atoms with van der Waals surface area (Å²) < 4.78 is 4.96. The van der Waals surface area contributed by atoms with Crippen LogP contribution >= 0.6 is 0 Å². The van der Waals surface area contributed by atoms with E-state index in [4.69, 9.17) is 10.5 Å². The normalized spacial score (nSPS) is 12.0. The van der Waals surface area contributed by atoms with Gasteiger partial charge in [-0.1, -0.05) is 18.2 Å². The second-order valence-corrected chi connectivity index (χ2v) is 4.76. The molecule has 1 atom stereocenters. The number of amides is 1. The number of carbonyl (C=O) groups excluding carboxylic acids is 1. The Balaban J connectivity index is 2.61. The van der Waals surface area contributed by atoms with E-state index in [1.54, 1.807) is 7.11 Å². The molecule has 0 aliphatic carbocycles. The van der Waals surface area contributed by atoms with Gasteiger partial charge in [-0.3, -0.25) is 4.79 Å². The van der Waals surface area contributed by atoms with Crippen LogP contribution in [-0.4, -0.2) is 39.3 Å². The van der Waals surface area contributed by atoms with Gasteiger partial charge in [-0.25, -0.2) is 0 Å². The van der Waals surface area contributed by atoms with Crippen molar-refractivity contribution in [2.24, 2.45) is 5.73 Å². The van der Waals surface area contributed by atoms with Gasteiger partial charge in [-0.2, -0.15) is 0 Å². The third-order valence-electron chi connectivity index (χ3n) is 3.38. The zero-order chi connectivity index (χ0) is 15.0. The highest BCUT2D eigenvalue weighted by atomic mass is 16.5. The Kier molecular flexibility index (Phi) is 7.04. The molecule has 112 valence electrons. The molecule has 1 rings (SSSR count). The van der Waals surface area contributed by atoms with Crippen LogP contribution in [0.5, 0.6) is 0 Å². The molecule has 5 heteroatoms. The van der Waals surface area contributed by atoms with E-state index in [1.165, 1.54) is 0 Å². The first-order valence-electron chi connectivity index (χ1n) is 6.89. The summed E-state index contributed by atoms with van der Waals surface area (Å²) in [5.74, 6) is 0.00966. The number of nitrogens with two attached hydrogens (primary N) is 1. The van der Waals surface area contributed by atoms with Gasteiger partial charge in [0.05, 0.1) is 0 Å². The lowest BCUT2D eigenvalue weighted by Crippen LogP contribution is -2.44. The molecule has 0 saturated carbocycles. The third-order valence-corrected chi connectivity index (χ3v) is 3.38. The van der Waals surface area contributed by atoms with Crippen molar-refractivity contribution in [2.75, 3.05) is 32.2 Å². The first kappa shape index (κ1) is 16.5. The number of ether oxygens (including phenoxy) is 1. The number of likely N-dealkylation sites (N-methyl/N-ethyl adjacent to an activating group) is 1. The van der Waals surface area contributed by atoms with E-state index >= 15 is 0 Å². The van der Waals surface area contributed by atoms with Crippen molar-refractivity contribution >= 4 is 11.6 Å². The Labute approximate surface area is 121 Å². The van der Waals surface area contributed by atoms with Gasteiger partial charge in [0, 0.05) is 39.5 Å². The minimum atomic E-state index is -0.245. The molecule has 0 aromatic heterocycles. The fraction of sp³-hybridized carbons (Fsp3) is 0.533. The molecular formula is C15H25N3O2. The number of benzene rings is 1. The van der Waals surface area contributed by atoms with Crippen LogP contribution in [0.4, 0.5) is 5.69 Å². The SMILES string of the molecule is COCCCNC(=O)C(C)N(C)c1ccccc1CN. The van der Waals surface area contributed by atoms with E-state index in [1.807, 2.05) is 43.1 Å². The topological polar surface area (TPSA) is 67.6 Å². The van der Waals surface area contributed by atoms with Gasteiger partial charge in [-0.15, -0.1) is 0 Å². The predicted molar refractivity (Wildman–Crippen MR) is 81.7 cm³/mol.